The van der Waals surface area contributed by atoms with Crippen molar-refractivity contribution in [2.24, 2.45) is 0 Å². The summed E-state index contributed by atoms with van der Waals surface area (Å²) < 4.78 is 11.2. The predicted molar refractivity (Wildman–Crippen MR) is 105 cm³/mol. The molecule has 3 aromatic rings. The first-order chi connectivity index (χ1) is 13.7. The number of hydrogen-bond donors (Lipinski definition) is 2. The number of nitrogens with one attached hydrogen (secondary N) is 1. The third-order valence-electron chi connectivity index (χ3n) is 4.79. The number of benzene rings is 2. The van der Waals surface area contributed by atoms with Crippen LogP contribution in [0.5, 0.6) is 5.75 Å². The Morgan fingerprint density at radius 3 is 2.86 bits per heavy atom. The van der Waals surface area contributed by atoms with Crippen LogP contribution in [0.2, 0.25) is 0 Å². The standard InChI is InChI=1S/C22H22N2O4/c25-17-6-3-5-16(13-17)21-15-24(10-12-28-21)22(26)19-8-1-2-9-20(19)23-14-18-7-4-11-27-18/h1-9,11,13,21,23,25H,10,12,14-15H2. The molecule has 1 fully saturated rings. The molecule has 144 valence electrons. The van der Waals surface area contributed by atoms with Crippen LogP contribution in [-0.4, -0.2) is 35.6 Å². The topological polar surface area (TPSA) is 74.9 Å². The Morgan fingerprint density at radius 1 is 1.14 bits per heavy atom. The number of nitrogens with zero attached hydrogens (tertiary/aromatic N) is 1. The van der Waals surface area contributed by atoms with Crippen LogP contribution in [0.15, 0.2) is 71.3 Å². The van der Waals surface area contributed by atoms with Gasteiger partial charge in [0.15, 0.2) is 0 Å². The molecule has 1 aromatic heterocycles. The molecule has 6 heteroatoms. The number of hydrogen-bond acceptors (Lipinski definition) is 5. The Kier molecular flexibility index (Phi) is 5.30. The summed E-state index contributed by atoms with van der Waals surface area (Å²) in [4.78, 5) is 15.0. The number of anilines is 1. The molecule has 0 saturated carbocycles. The van der Waals surface area contributed by atoms with Crippen molar-refractivity contribution >= 4 is 11.6 Å². The third kappa shape index (κ3) is 4.02. The van der Waals surface area contributed by atoms with Crippen LogP contribution in [-0.2, 0) is 11.3 Å². The van der Waals surface area contributed by atoms with Crippen molar-refractivity contribution in [3.63, 3.8) is 0 Å². The van der Waals surface area contributed by atoms with E-state index in [9.17, 15) is 9.90 Å². The molecule has 0 radical (unpaired) electrons. The lowest BCUT2D eigenvalue weighted by Gasteiger charge is -2.33. The fraction of sp³-hybridized carbons (Fsp3) is 0.227. The monoisotopic (exact) mass is 378 g/mol. The van der Waals surface area contributed by atoms with E-state index in [1.807, 2.05) is 42.5 Å². The van der Waals surface area contributed by atoms with Crippen LogP contribution >= 0.6 is 0 Å². The van der Waals surface area contributed by atoms with E-state index in [2.05, 4.69) is 5.32 Å². The van der Waals surface area contributed by atoms with Gasteiger partial charge in [-0.2, -0.15) is 0 Å². The number of amides is 1. The molecule has 2 aromatic carbocycles. The third-order valence-corrected chi connectivity index (χ3v) is 4.79. The summed E-state index contributed by atoms with van der Waals surface area (Å²) in [5.41, 5.74) is 2.25. The van der Waals surface area contributed by atoms with Crippen LogP contribution in [0.25, 0.3) is 0 Å². The lowest BCUT2D eigenvalue weighted by atomic mass is 10.1. The van der Waals surface area contributed by atoms with Crippen molar-refractivity contribution in [1.29, 1.82) is 0 Å². The molecule has 1 amide bonds. The summed E-state index contributed by atoms with van der Waals surface area (Å²) in [7, 11) is 0. The van der Waals surface area contributed by atoms with E-state index in [0.29, 0.717) is 31.8 Å². The average Bonchev–Trinajstić information content (AvgIpc) is 3.26. The number of furan rings is 1. The quantitative estimate of drug-likeness (QED) is 0.706. The second kappa shape index (κ2) is 8.19. The number of aromatic hydroxyl groups is 1. The summed E-state index contributed by atoms with van der Waals surface area (Å²) in [6, 6.07) is 18.2. The van der Waals surface area contributed by atoms with E-state index >= 15 is 0 Å². The molecule has 1 aliphatic rings. The Labute approximate surface area is 163 Å². The summed E-state index contributed by atoms with van der Waals surface area (Å²) in [6.45, 7) is 1.93. The number of morpholine rings is 1. The fourth-order valence-corrected chi connectivity index (χ4v) is 3.35. The summed E-state index contributed by atoms with van der Waals surface area (Å²) >= 11 is 0. The molecule has 0 spiro atoms. The van der Waals surface area contributed by atoms with Crippen molar-refractivity contribution in [1.82, 2.24) is 4.90 Å². The van der Waals surface area contributed by atoms with Crippen molar-refractivity contribution in [2.75, 3.05) is 25.0 Å². The molecule has 1 aliphatic heterocycles. The zero-order valence-electron chi connectivity index (χ0n) is 15.4. The second-order valence-electron chi connectivity index (χ2n) is 6.68. The molecule has 2 N–H and O–H groups in total. The summed E-state index contributed by atoms with van der Waals surface area (Å²) in [6.07, 6.45) is 1.37. The van der Waals surface area contributed by atoms with Crippen LogP contribution in [0.1, 0.15) is 27.8 Å². The molecule has 2 heterocycles. The lowest BCUT2D eigenvalue weighted by Crippen LogP contribution is -2.42. The molecule has 1 saturated heterocycles. The molecular weight excluding hydrogens is 356 g/mol. The molecule has 0 bridgehead atoms. The zero-order chi connectivity index (χ0) is 19.3. The van der Waals surface area contributed by atoms with Crippen LogP contribution < -0.4 is 5.32 Å². The summed E-state index contributed by atoms with van der Waals surface area (Å²) in [5.74, 6) is 0.950. The van der Waals surface area contributed by atoms with E-state index in [4.69, 9.17) is 9.15 Å². The first-order valence-corrected chi connectivity index (χ1v) is 9.26. The second-order valence-corrected chi connectivity index (χ2v) is 6.68. The molecule has 0 aliphatic carbocycles. The number of carbonyl (C=O) groups excluding carboxylic acids is 1. The van der Waals surface area contributed by atoms with Crippen molar-refractivity contribution < 1.29 is 19.1 Å². The Morgan fingerprint density at radius 2 is 2.04 bits per heavy atom. The Balaban J connectivity index is 1.49. The van der Waals surface area contributed by atoms with Gasteiger partial charge in [0.1, 0.15) is 17.6 Å². The Bertz CT molecular complexity index is 939. The van der Waals surface area contributed by atoms with Crippen LogP contribution in [0.4, 0.5) is 5.69 Å². The highest BCUT2D eigenvalue weighted by Crippen LogP contribution is 2.27. The van der Waals surface area contributed by atoms with Gasteiger partial charge in [0.2, 0.25) is 0 Å². The van der Waals surface area contributed by atoms with E-state index < -0.39 is 0 Å². The van der Waals surface area contributed by atoms with Gasteiger partial charge < -0.3 is 24.5 Å². The lowest BCUT2D eigenvalue weighted by molar-refractivity contribution is -0.0228. The van der Waals surface area contributed by atoms with Crippen LogP contribution in [0.3, 0.4) is 0 Å². The molecule has 28 heavy (non-hydrogen) atoms. The van der Waals surface area contributed by atoms with Crippen molar-refractivity contribution in [3.8, 4) is 5.75 Å². The van der Waals surface area contributed by atoms with Gasteiger partial charge in [-0.3, -0.25) is 4.79 Å². The Hall–Kier alpha value is -3.25. The number of phenols is 1. The van der Waals surface area contributed by atoms with E-state index in [0.717, 1.165) is 17.0 Å². The molecular formula is C22H22N2O4. The smallest absolute Gasteiger partial charge is 0.256 e. The van der Waals surface area contributed by atoms with E-state index in [-0.39, 0.29) is 17.8 Å². The normalized spacial score (nSPS) is 16.7. The number of rotatable bonds is 5. The highest BCUT2D eigenvalue weighted by molar-refractivity contribution is 5.99. The number of ether oxygens (including phenoxy) is 1. The zero-order valence-corrected chi connectivity index (χ0v) is 15.4. The van der Waals surface area contributed by atoms with Gasteiger partial charge in [0.05, 0.1) is 31.5 Å². The molecule has 4 rings (SSSR count). The van der Waals surface area contributed by atoms with Gasteiger partial charge >= 0.3 is 0 Å². The molecule has 1 unspecified atom stereocenters. The largest absolute Gasteiger partial charge is 0.508 e. The number of para-hydroxylation sites is 1. The first-order valence-electron chi connectivity index (χ1n) is 9.26. The number of phenolic OH excluding ortho intramolecular Hbond substituents is 1. The highest BCUT2D eigenvalue weighted by Gasteiger charge is 2.27. The predicted octanol–water partition coefficient (Wildman–Crippen LogP) is 3.81. The van der Waals surface area contributed by atoms with Gasteiger partial charge in [-0.15, -0.1) is 0 Å². The fourth-order valence-electron chi connectivity index (χ4n) is 3.35. The van der Waals surface area contributed by atoms with Gasteiger partial charge in [0, 0.05) is 12.2 Å². The van der Waals surface area contributed by atoms with Gasteiger partial charge in [-0.05, 0) is 42.0 Å². The number of carbonyl (C=O) groups is 1. The van der Waals surface area contributed by atoms with E-state index in [1.165, 1.54) is 0 Å². The maximum Gasteiger partial charge on any atom is 0.256 e. The van der Waals surface area contributed by atoms with Crippen molar-refractivity contribution in [3.05, 3.63) is 83.8 Å². The van der Waals surface area contributed by atoms with Gasteiger partial charge in [-0.25, -0.2) is 0 Å². The highest BCUT2D eigenvalue weighted by atomic mass is 16.5. The van der Waals surface area contributed by atoms with Gasteiger partial charge in [-0.1, -0.05) is 24.3 Å². The van der Waals surface area contributed by atoms with Gasteiger partial charge in [0.25, 0.3) is 5.91 Å². The maximum atomic E-state index is 13.2. The molecule has 6 nitrogen and oxygen atoms in total. The maximum absolute atomic E-state index is 13.2. The minimum absolute atomic E-state index is 0.0454. The summed E-state index contributed by atoms with van der Waals surface area (Å²) in [5, 5.41) is 13.0. The minimum Gasteiger partial charge on any atom is -0.508 e. The SMILES string of the molecule is O=C(c1ccccc1NCc1ccco1)N1CCOC(c2cccc(O)c2)C1. The average molecular weight is 378 g/mol. The minimum atomic E-state index is -0.256. The van der Waals surface area contributed by atoms with Crippen LogP contribution in [0, 0.1) is 0 Å². The van der Waals surface area contributed by atoms with E-state index in [1.54, 1.807) is 29.4 Å². The first kappa shape index (κ1) is 18.1. The van der Waals surface area contributed by atoms with Crippen molar-refractivity contribution in [2.45, 2.75) is 12.6 Å². The molecule has 1 atom stereocenters.